The molecular weight excluding hydrogens is 555 g/mol. The van der Waals surface area contributed by atoms with Gasteiger partial charge in [-0.3, -0.25) is 4.79 Å². The Labute approximate surface area is 224 Å². The molecule has 1 aliphatic heterocycles. The molecule has 38 heavy (non-hydrogen) atoms. The maximum Gasteiger partial charge on any atom is 0.323 e. The Kier molecular flexibility index (Phi) is 6.16. The summed E-state index contributed by atoms with van der Waals surface area (Å²) in [6.45, 7) is 2.07. The number of carbonyl (C=O) groups excluding carboxylic acids is 1. The van der Waals surface area contributed by atoms with Crippen LogP contribution in [0.15, 0.2) is 76.0 Å². The van der Waals surface area contributed by atoms with Gasteiger partial charge in [0.25, 0.3) is 5.91 Å². The maximum absolute atomic E-state index is 13.7. The van der Waals surface area contributed by atoms with Crippen LogP contribution >= 0.6 is 15.9 Å². The monoisotopic (exact) mass is 576 g/mol. The van der Waals surface area contributed by atoms with Crippen molar-refractivity contribution in [2.45, 2.75) is 25.7 Å². The molecule has 3 aromatic carbocycles. The van der Waals surface area contributed by atoms with Gasteiger partial charge >= 0.3 is 5.69 Å². The normalized spacial score (nSPS) is 17.6. The van der Waals surface area contributed by atoms with Crippen LogP contribution in [0.5, 0.6) is 0 Å². The van der Waals surface area contributed by atoms with Crippen molar-refractivity contribution in [3.8, 4) is 16.9 Å². The van der Waals surface area contributed by atoms with E-state index in [1.165, 1.54) is 16.9 Å². The van der Waals surface area contributed by atoms with E-state index in [-0.39, 0.29) is 17.4 Å². The van der Waals surface area contributed by atoms with Crippen LogP contribution in [0.2, 0.25) is 0 Å². The van der Waals surface area contributed by atoms with Gasteiger partial charge in [-0.1, -0.05) is 22.0 Å². The quantitative estimate of drug-likeness (QED) is 0.309. The molecule has 0 bridgehead atoms. The Morgan fingerprint density at radius 2 is 1.71 bits per heavy atom. The van der Waals surface area contributed by atoms with Crippen LogP contribution in [0, 0.1) is 5.82 Å². The zero-order chi connectivity index (χ0) is 26.4. The van der Waals surface area contributed by atoms with Crippen LogP contribution in [-0.2, 0) is 16.0 Å². The molecule has 9 nitrogen and oxygen atoms in total. The van der Waals surface area contributed by atoms with E-state index in [2.05, 4.69) is 25.9 Å². The van der Waals surface area contributed by atoms with Gasteiger partial charge < -0.3 is 19.6 Å². The van der Waals surface area contributed by atoms with Crippen LogP contribution in [0.3, 0.4) is 0 Å². The Bertz CT molecular complexity index is 1690. The zero-order valence-corrected chi connectivity index (χ0v) is 21.8. The smallest absolute Gasteiger partial charge is 0.323 e. The number of nitrogens with zero attached hydrogens (tertiary/aromatic N) is 4. The van der Waals surface area contributed by atoms with Gasteiger partial charge in [-0.05, 0) is 79.6 Å². The summed E-state index contributed by atoms with van der Waals surface area (Å²) in [6.07, 6.45) is -0.909. The number of aromatic amines is 2. The number of rotatable bonds is 6. The number of aromatic nitrogens is 5. The highest BCUT2D eigenvalue weighted by atomic mass is 79.9. The van der Waals surface area contributed by atoms with Crippen molar-refractivity contribution in [2.75, 3.05) is 6.54 Å². The average Bonchev–Trinajstić information content (AvgIpc) is 3.58. The average molecular weight is 577 g/mol. The largest absolute Gasteiger partial charge is 0.339 e. The van der Waals surface area contributed by atoms with Crippen LogP contribution in [0.4, 0.5) is 4.39 Å². The van der Waals surface area contributed by atoms with E-state index in [9.17, 15) is 14.0 Å². The number of carbonyl (C=O) groups is 1. The summed E-state index contributed by atoms with van der Waals surface area (Å²) in [5.74, 6) is -0.520. The number of benzene rings is 3. The van der Waals surface area contributed by atoms with Gasteiger partial charge in [0.05, 0.1) is 16.7 Å². The van der Waals surface area contributed by atoms with E-state index in [0.29, 0.717) is 35.4 Å². The van der Waals surface area contributed by atoms with E-state index in [4.69, 9.17) is 14.9 Å². The third kappa shape index (κ3) is 4.54. The van der Waals surface area contributed by atoms with Crippen LogP contribution < -0.4 is 5.69 Å². The molecule has 6 rings (SSSR count). The first-order valence-corrected chi connectivity index (χ1v) is 12.8. The molecule has 1 saturated heterocycles. The lowest BCUT2D eigenvalue weighted by molar-refractivity contribution is -0.130. The number of ether oxygens (including phenoxy) is 1. The number of fused-ring (bicyclic) bond motifs is 1. The number of H-pyrrole nitrogens is 2. The van der Waals surface area contributed by atoms with Crippen molar-refractivity contribution in [3.63, 3.8) is 0 Å². The number of imidazole rings is 1. The first-order chi connectivity index (χ1) is 18.4. The van der Waals surface area contributed by atoms with E-state index in [1.54, 1.807) is 24.0 Å². The third-order valence-corrected chi connectivity index (χ3v) is 7.05. The van der Waals surface area contributed by atoms with Gasteiger partial charge in [-0.15, -0.1) is 10.2 Å². The van der Waals surface area contributed by atoms with Crippen LogP contribution in [0.25, 0.3) is 28.0 Å². The minimum atomic E-state index is -0.780. The molecule has 2 aromatic heterocycles. The van der Waals surface area contributed by atoms with E-state index < -0.39 is 12.3 Å². The SMILES string of the molecule is CC1O[C@H](c2nn(-c3ccc(Br)cc3)nc2-c2ccc(F)cc2)N(CCc2ccc3[nH]c(=O)[nH]c3c2)C1=O. The number of hydrogen-bond donors (Lipinski definition) is 2. The highest BCUT2D eigenvalue weighted by Gasteiger charge is 2.41. The summed E-state index contributed by atoms with van der Waals surface area (Å²) in [4.78, 5) is 33.4. The molecule has 1 amide bonds. The molecule has 0 aliphatic carbocycles. The fraction of sp³-hybridized carbons (Fsp3) is 0.185. The topological polar surface area (TPSA) is 109 Å². The second-order valence-corrected chi connectivity index (χ2v) is 9.99. The first-order valence-electron chi connectivity index (χ1n) is 12.0. The second-order valence-electron chi connectivity index (χ2n) is 9.08. The van der Waals surface area contributed by atoms with Crippen molar-refractivity contribution in [1.29, 1.82) is 0 Å². The molecule has 192 valence electrons. The number of amides is 1. The first kappa shape index (κ1) is 24.3. The summed E-state index contributed by atoms with van der Waals surface area (Å²) in [6, 6.07) is 19.1. The fourth-order valence-corrected chi connectivity index (χ4v) is 4.85. The Balaban J connectivity index is 1.36. The van der Waals surface area contributed by atoms with Crippen LogP contribution in [0.1, 0.15) is 24.4 Å². The van der Waals surface area contributed by atoms with Crippen LogP contribution in [-0.4, -0.2) is 48.4 Å². The van der Waals surface area contributed by atoms with Gasteiger partial charge in [0, 0.05) is 16.6 Å². The molecule has 2 atom stereocenters. The van der Waals surface area contributed by atoms with Gasteiger partial charge in [0.1, 0.15) is 23.3 Å². The Morgan fingerprint density at radius 3 is 2.47 bits per heavy atom. The minimum absolute atomic E-state index is 0.158. The molecule has 0 spiro atoms. The molecule has 2 N–H and O–H groups in total. The minimum Gasteiger partial charge on any atom is -0.339 e. The summed E-state index contributed by atoms with van der Waals surface area (Å²) >= 11 is 3.44. The van der Waals surface area contributed by atoms with Crippen molar-refractivity contribution >= 4 is 32.9 Å². The van der Waals surface area contributed by atoms with Gasteiger partial charge in [-0.2, -0.15) is 4.80 Å². The number of nitrogens with one attached hydrogen (secondary N) is 2. The maximum atomic E-state index is 13.7. The lowest BCUT2D eigenvalue weighted by Crippen LogP contribution is -2.32. The predicted molar refractivity (Wildman–Crippen MR) is 142 cm³/mol. The van der Waals surface area contributed by atoms with Crippen molar-refractivity contribution < 1.29 is 13.9 Å². The summed E-state index contributed by atoms with van der Waals surface area (Å²) in [5, 5.41) is 9.45. The number of halogens is 2. The Hall–Kier alpha value is -4.09. The molecular formula is C27H22BrFN6O3. The summed E-state index contributed by atoms with van der Waals surface area (Å²) in [5.41, 5.74) is 4.45. The molecule has 0 saturated carbocycles. The van der Waals surface area contributed by atoms with Crippen molar-refractivity contribution in [3.05, 3.63) is 98.8 Å². The lowest BCUT2D eigenvalue weighted by atomic mass is 10.1. The second kappa shape index (κ2) is 9.66. The Morgan fingerprint density at radius 1 is 0.974 bits per heavy atom. The van der Waals surface area contributed by atoms with Gasteiger partial charge in [-0.25, -0.2) is 9.18 Å². The highest BCUT2D eigenvalue weighted by Crippen LogP contribution is 2.36. The number of hydrogen-bond acceptors (Lipinski definition) is 5. The molecule has 1 aliphatic rings. The molecule has 1 unspecified atom stereocenters. The molecule has 0 radical (unpaired) electrons. The molecule has 5 aromatic rings. The van der Waals surface area contributed by atoms with Gasteiger partial charge in [0.15, 0.2) is 6.23 Å². The highest BCUT2D eigenvalue weighted by molar-refractivity contribution is 9.10. The zero-order valence-electron chi connectivity index (χ0n) is 20.2. The summed E-state index contributed by atoms with van der Waals surface area (Å²) < 4.78 is 20.7. The molecule has 11 heteroatoms. The summed E-state index contributed by atoms with van der Waals surface area (Å²) in [7, 11) is 0. The van der Waals surface area contributed by atoms with Gasteiger partial charge in [0.2, 0.25) is 0 Å². The molecule has 1 fully saturated rings. The third-order valence-electron chi connectivity index (χ3n) is 6.52. The van der Waals surface area contributed by atoms with E-state index in [0.717, 1.165) is 21.2 Å². The van der Waals surface area contributed by atoms with E-state index >= 15 is 0 Å². The van der Waals surface area contributed by atoms with Crippen molar-refractivity contribution in [2.24, 2.45) is 0 Å². The molecule has 3 heterocycles. The van der Waals surface area contributed by atoms with Crippen molar-refractivity contribution in [1.82, 2.24) is 29.9 Å². The predicted octanol–water partition coefficient (Wildman–Crippen LogP) is 4.49. The standard InChI is InChI=1S/C27H22BrFN6O3/c1-15-25(36)34(13-12-16-2-11-21-22(14-16)31-27(37)30-21)26(38-15)24-23(17-3-7-19(29)8-4-17)32-35(33-24)20-9-5-18(28)6-10-20/h2-11,14-15,26H,12-13H2,1H3,(H2,30,31,37)/t15?,26-/m1/s1. The van der Waals surface area contributed by atoms with E-state index in [1.807, 2.05) is 42.5 Å². The lowest BCUT2D eigenvalue weighted by Gasteiger charge is -2.22. The fourth-order valence-electron chi connectivity index (χ4n) is 4.59.